The monoisotopic (exact) mass is 460 g/mol. The van der Waals surface area contributed by atoms with Gasteiger partial charge < -0.3 is 5.32 Å². The highest BCUT2D eigenvalue weighted by atomic mass is 32.2. The van der Waals surface area contributed by atoms with Crippen molar-refractivity contribution < 1.29 is 13.2 Å². The van der Waals surface area contributed by atoms with Crippen molar-refractivity contribution >= 4 is 21.6 Å². The highest BCUT2D eigenvalue weighted by molar-refractivity contribution is 7.92. The Morgan fingerprint density at radius 3 is 2.33 bits per heavy atom. The van der Waals surface area contributed by atoms with E-state index >= 15 is 0 Å². The molecule has 7 nitrogen and oxygen atoms in total. The summed E-state index contributed by atoms with van der Waals surface area (Å²) in [6.07, 6.45) is 2.47. The smallest absolute Gasteiger partial charge is 0.261 e. The van der Waals surface area contributed by atoms with Crippen molar-refractivity contribution in [1.29, 1.82) is 0 Å². The van der Waals surface area contributed by atoms with E-state index in [1.807, 2.05) is 61.7 Å². The number of carbonyl (C=O) groups excluding carboxylic acids is 1. The SMILES string of the molecule is Cc1ccccc1NS(=O)(=O)c1ccc(C(=O)NCCc2ccn(-c3ccccc3)n2)cc1. The average molecular weight is 461 g/mol. The Balaban J connectivity index is 1.33. The Kier molecular flexibility index (Phi) is 6.55. The molecule has 168 valence electrons. The van der Waals surface area contributed by atoms with Gasteiger partial charge in [0, 0.05) is 24.7 Å². The summed E-state index contributed by atoms with van der Waals surface area (Å²) < 4.78 is 29.7. The van der Waals surface area contributed by atoms with Crippen molar-refractivity contribution in [2.45, 2.75) is 18.2 Å². The number of rotatable bonds is 8. The summed E-state index contributed by atoms with van der Waals surface area (Å²) in [7, 11) is -3.74. The second-order valence-electron chi connectivity index (χ2n) is 7.54. The summed E-state index contributed by atoms with van der Waals surface area (Å²) >= 11 is 0. The molecule has 0 bridgehead atoms. The lowest BCUT2D eigenvalue weighted by Crippen LogP contribution is -2.26. The van der Waals surface area contributed by atoms with Gasteiger partial charge in [0.05, 0.1) is 22.0 Å². The van der Waals surface area contributed by atoms with Crippen LogP contribution in [0.1, 0.15) is 21.6 Å². The van der Waals surface area contributed by atoms with Crippen LogP contribution >= 0.6 is 0 Å². The first kappa shape index (κ1) is 22.3. The number of aryl methyl sites for hydroxylation is 1. The van der Waals surface area contributed by atoms with Crippen molar-refractivity contribution in [2.75, 3.05) is 11.3 Å². The molecule has 3 aromatic carbocycles. The van der Waals surface area contributed by atoms with Gasteiger partial charge in [-0.2, -0.15) is 5.10 Å². The number of aromatic nitrogens is 2. The van der Waals surface area contributed by atoms with E-state index in [0.717, 1.165) is 16.9 Å². The molecule has 1 amide bonds. The molecule has 0 spiro atoms. The van der Waals surface area contributed by atoms with Crippen LogP contribution in [0.3, 0.4) is 0 Å². The number of nitrogens with zero attached hydrogens (tertiary/aromatic N) is 2. The van der Waals surface area contributed by atoms with Crippen LogP contribution in [0.5, 0.6) is 0 Å². The summed E-state index contributed by atoms with van der Waals surface area (Å²) in [5.41, 5.74) is 3.57. The lowest BCUT2D eigenvalue weighted by Gasteiger charge is -2.11. The molecule has 8 heteroatoms. The maximum Gasteiger partial charge on any atom is 0.261 e. The number of benzene rings is 3. The number of nitrogens with one attached hydrogen (secondary N) is 2. The van der Waals surface area contributed by atoms with Gasteiger partial charge in [0.1, 0.15) is 0 Å². The summed E-state index contributed by atoms with van der Waals surface area (Å²) in [6, 6.07) is 24.7. The Hall–Kier alpha value is -3.91. The van der Waals surface area contributed by atoms with Gasteiger partial charge in [0.2, 0.25) is 0 Å². The number of para-hydroxylation sites is 2. The number of hydrogen-bond acceptors (Lipinski definition) is 4. The van der Waals surface area contributed by atoms with Crippen LogP contribution in [-0.2, 0) is 16.4 Å². The lowest BCUT2D eigenvalue weighted by molar-refractivity contribution is 0.0954. The maximum absolute atomic E-state index is 12.6. The first-order valence-electron chi connectivity index (χ1n) is 10.5. The highest BCUT2D eigenvalue weighted by Gasteiger charge is 2.16. The molecule has 0 aliphatic rings. The zero-order chi connectivity index (χ0) is 23.3. The molecule has 2 N–H and O–H groups in total. The lowest BCUT2D eigenvalue weighted by atomic mass is 10.2. The van der Waals surface area contributed by atoms with Crippen molar-refractivity contribution in [3.8, 4) is 5.69 Å². The van der Waals surface area contributed by atoms with Crippen molar-refractivity contribution in [2.24, 2.45) is 0 Å². The van der Waals surface area contributed by atoms with E-state index in [1.165, 1.54) is 24.3 Å². The van der Waals surface area contributed by atoms with E-state index in [2.05, 4.69) is 15.1 Å². The second kappa shape index (κ2) is 9.70. The molecule has 0 fully saturated rings. The van der Waals surface area contributed by atoms with Crippen molar-refractivity contribution in [1.82, 2.24) is 15.1 Å². The van der Waals surface area contributed by atoms with Gasteiger partial charge in [-0.25, -0.2) is 13.1 Å². The summed E-state index contributed by atoms with van der Waals surface area (Å²) in [5, 5.41) is 7.37. The van der Waals surface area contributed by atoms with Gasteiger partial charge in [0.25, 0.3) is 15.9 Å². The molecule has 1 heterocycles. The number of carbonyl (C=O) groups is 1. The fourth-order valence-corrected chi connectivity index (χ4v) is 4.43. The molecule has 0 saturated heterocycles. The van der Waals surface area contributed by atoms with Gasteiger partial charge in [-0.3, -0.25) is 9.52 Å². The molecule has 0 unspecified atom stereocenters. The molecular formula is C25H24N4O3S. The van der Waals surface area contributed by atoms with Crippen molar-refractivity contribution in [3.63, 3.8) is 0 Å². The number of amides is 1. The minimum Gasteiger partial charge on any atom is -0.352 e. The Morgan fingerprint density at radius 1 is 0.909 bits per heavy atom. The average Bonchev–Trinajstić information content (AvgIpc) is 3.30. The van der Waals surface area contributed by atoms with E-state index in [4.69, 9.17) is 0 Å². The molecule has 33 heavy (non-hydrogen) atoms. The summed E-state index contributed by atoms with van der Waals surface area (Å²) in [6.45, 7) is 2.25. The first-order chi connectivity index (χ1) is 15.9. The van der Waals surface area contributed by atoms with Crippen LogP contribution in [0.2, 0.25) is 0 Å². The predicted octanol–water partition coefficient (Wildman–Crippen LogP) is 3.95. The first-order valence-corrected chi connectivity index (χ1v) is 12.0. The highest BCUT2D eigenvalue weighted by Crippen LogP contribution is 2.19. The van der Waals surface area contributed by atoms with Crippen LogP contribution < -0.4 is 10.0 Å². The minimum atomic E-state index is -3.74. The largest absolute Gasteiger partial charge is 0.352 e. The summed E-state index contributed by atoms with van der Waals surface area (Å²) in [4.78, 5) is 12.5. The molecule has 0 radical (unpaired) electrons. The van der Waals surface area contributed by atoms with Gasteiger partial charge in [-0.05, 0) is 61.0 Å². The second-order valence-corrected chi connectivity index (χ2v) is 9.22. The fraction of sp³-hybridized carbons (Fsp3) is 0.120. The van der Waals surface area contributed by atoms with E-state index in [0.29, 0.717) is 24.2 Å². The number of sulfonamides is 1. The van der Waals surface area contributed by atoms with E-state index in [1.54, 1.807) is 16.8 Å². The zero-order valence-corrected chi connectivity index (χ0v) is 18.9. The van der Waals surface area contributed by atoms with Crippen LogP contribution in [0.4, 0.5) is 5.69 Å². The summed E-state index contributed by atoms with van der Waals surface area (Å²) in [5.74, 6) is -0.270. The molecule has 0 aliphatic heterocycles. The third-order valence-electron chi connectivity index (χ3n) is 5.15. The van der Waals surface area contributed by atoms with E-state index in [-0.39, 0.29) is 10.8 Å². The van der Waals surface area contributed by atoms with Gasteiger partial charge in [-0.1, -0.05) is 36.4 Å². The van der Waals surface area contributed by atoms with Crippen LogP contribution in [0, 0.1) is 6.92 Å². The van der Waals surface area contributed by atoms with Crippen LogP contribution in [-0.4, -0.2) is 30.7 Å². The minimum absolute atomic E-state index is 0.0914. The molecule has 1 aromatic heterocycles. The molecule has 0 atom stereocenters. The zero-order valence-electron chi connectivity index (χ0n) is 18.1. The van der Waals surface area contributed by atoms with Crippen LogP contribution in [0.15, 0.2) is 96.0 Å². The Bertz CT molecular complexity index is 1350. The molecular weight excluding hydrogens is 436 g/mol. The topological polar surface area (TPSA) is 93.1 Å². The van der Waals surface area contributed by atoms with E-state index < -0.39 is 10.0 Å². The van der Waals surface area contributed by atoms with Gasteiger partial charge in [-0.15, -0.1) is 0 Å². The Morgan fingerprint density at radius 2 is 1.61 bits per heavy atom. The number of hydrogen-bond donors (Lipinski definition) is 2. The third kappa shape index (κ3) is 5.48. The van der Waals surface area contributed by atoms with Crippen molar-refractivity contribution in [3.05, 3.63) is 108 Å². The maximum atomic E-state index is 12.6. The standard InChI is InChI=1S/C25H24N4O3S/c1-19-7-5-6-10-24(19)28-33(31,32)23-13-11-20(12-14-23)25(30)26-17-15-21-16-18-29(27-21)22-8-3-2-4-9-22/h2-14,16,18,28H,15,17H2,1H3,(H,26,30). The molecule has 4 aromatic rings. The molecule has 4 rings (SSSR count). The fourth-order valence-electron chi connectivity index (χ4n) is 3.30. The van der Waals surface area contributed by atoms with Gasteiger partial charge in [0.15, 0.2) is 0 Å². The third-order valence-corrected chi connectivity index (χ3v) is 6.53. The Labute approximate surface area is 193 Å². The predicted molar refractivity (Wildman–Crippen MR) is 128 cm³/mol. The normalized spacial score (nSPS) is 11.2. The van der Waals surface area contributed by atoms with Gasteiger partial charge >= 0.3 is 0 Å². The van der Waals surface area contributed by atoms with Crippen LogP contribution in [0.25, 0.3) is 5.69 Å². The number of anilines is 1. The quantitative estimate of drug-likeness (QED) is 0.416. The molecule has 0 aliphatic carbocycles. The van der Waals surface area contributed by atoms with E-state index in [9.17, 15) is 13.2 Å². The molecule has 0 saturated carbocycles.